The maximum Gasteiger partial charge on any atom is 0.238 e. The number of hydrogen-bond acceptors (Lipinski definition) is 4. The van der Waals surface area contributed by atoms with Gasteiger partial charge < -0.3 is 10.1 Å². The number of aromatic nitrogens is 2. The van der Waals surface area contributed by atoms with Gasteiger partial charge in [-0.2, -0.15) is 5.10 Å². The van der Waals surface area contributed by atoms with Gasteiger partial charge in [0, 0.05) is 23.2 Å². The summed E-state index contributed by atoms with van der Waals surface area (Å²) in [6.07, 6.45) is 0. The zero-order chi connectivity index (χ0) is 14.6. The Bertz CT molecular complexity index is 547. The van der Waals surface area contributed by atoms with E-state index in [4.69, 9.17) is 16.3 Å². The standard InChI is InChI=1S/C15H18ClN3O/c1-15(2,3)17-10-12-6-9-14(19-18-12)20-13-7-4-11(16)5-8-13/h4-9,17H,10H2,1-3H3. The topological polar surface area (TPSA) is 47.0 Å². The quantitative estimate of drug-likeness (QED) is 0.930. The van der Waals surface area contributed by atoms with E-state index in [0.717, 1.165) is 5.69 Å². The summed E-state index contributed by atoms with van der Waals surface area (Å²) in [5.41, 5.74) is 0.934. The third-order valence-corrected chi connectivity index (χ3v) is 2.78. The van der Waals surface area contributed by atoms with E-state index in [2.05, 4.69) is 36.3 Å². The third-order valence-electron chi connectivity index (χ3n) is 2.53. The van der Waals surface area contributed by atoms with Gasteiger partial charge in [0.1, 0.15) is 5.75 Å². The highest BCUT2D eigenvalue weighted by Crippen LogP contribution is 2.20. The summed E-state index contributed by atoms with van der Waals surface area (Å²) < 4.78 is 5.58. The minimum absolute atomic E-state index is 0.0557. The van der Waals surface area contributed by atoms with Gasteiger partial charge in [0.15, 0.2) is 0 Å². The highest BCUT2D eigenvalue weighted by atomic mass is 35.5. The Morgan fingerprint density at radius 1 is 1.05 bits per heavy atom. The monoisotopic (exact) mass is 291 g/mol. The molecule has 2 rings (SSSR count). The molecule has 0 fully saturated rings. The number of rotatable bonds is 4. The Hall–Kier alpha value is -1.65. The first-order valence-corrected chi connectivity index (χ1v) is 6.81. The first-order valence-electron chi connectivity index (χ1n) is 6.43. The van der Waals surface area contributed by atoms with Crippen LogP contribution in [0.25, 0.3) is 0 Å². The molecule has 0 atom stereocenters. The van der Waals surface area contributed by atoms with E-state index in [1.807, 2.05) is 6.07 Å². The van der Waals surface area contributed by atoms with Crippen molar-refractivity contribution in [3.8, 4) is 11.6 Å². The van der Waals surface area contributed by atoms with Gasteiger partial charge in [-0.15, -0.1) is 5.10 Å². The summed E-state index contributed by atoms with van der Waals surface area (Å²) in [5.74, 6) is 1.15. The van der Waals surface area contributed by atoms with Crippen LogP contribution in [0.2, 0.25) is 5.02 Å². The van der Waals surface area contributed by atoms with E-state index >= 15 is 0 Å². The van der Waals surface area contributed by atoms with E-state index in [1.54, 1.807) is 30.3 Å². The molecule has 0 bridgehead atoms. The molecule has 1 N–H and O–H groups in total. The van der Waals surface area contributed by atoms with Crippen molar-refractivity contribution in [3.05, 3.63) is 47.1 Å². The fourth-order valence-corrected chi connectivity index (χ4v) is 1.60. The van der Waals surface area contributed by atoms with Crippen molar-refractivity contribution in [3.63, 3.8) is 0 Å². The number of ether oxygens (including phenoxy) is 1. The maximum atomic E-state index is 5.82. The zero-order valence-electron chi connectivity index (χ0n) is 11.9. The van der Waals surface area contributed by atoms with E-state index in [9.17, 15) is 0 Å². The van der Waals surface area contributed by atoms with Gasteiger partial charge in [-0.3, -0.25) is 0 Å². The first-order chi connectivity index (χ1) is 9.42. The van der Waals surface area contributed by atoms with Crippen LogP contribution in [0.15, 0.2) is 36.4 Å². The minimum atomic E-state index is 0.0557. The normalized spacial score (nSPS) is 11.4. The van der Waals surface area contributed by atoms with Crippen LogP contribution in [-0.4, -0.2) is 15.7 Å². The number of halogens is 1. The van der Waals surface area contributed by atoms with Crippen LogP contribution in [-0.2, 0) is 6.54 Å². The lowest BCUT2D eigenvalue weighted by atomic mass is 10.1. The highest BCUT2D eigenvalue weighted by molar-refractivity contribution is 6.30. The Labute approximate surface area is 124 Å². The van der Waals surface area contributed by atoms with Crippen molar-refractivity contribution in [2.75, 3.05) is 0 Å². The Morgan fingerprint density at radius 3 is 2.30 bits per heavy atom. The van der Waals surface area contributed by atoms with Crippen molar-refractivity contribution in [2.45, 2.75) is 32.9 Å². The van der Waals surface area contributed by atoms with E-state index in [0.29, 0.717) is 23.2 Å². The van der Waals surface area contributed by atoms with Gasteiger partial charge >= 0.3 is 0 Å². The molecule has 106 valence electrons. The molecular formula is C15H18ClN3O. The van der Waals surface area contributed by atoms with Crippen molar-refractivity contribution in [2.24, 2.45) is 0 Å². The molecule has 5 heteroatoms. The predicted molar refractivity (Wildman–Crippen MR) is 80.2 cm³/mol. The molecule has 0 unspecified atom stereocenters. The van der Waals surface area contributed by atoms with Crippen LogP contribution in [0.5, 0.6) is 11.6 Å². The molecule has 1 heterocycles. The van der Waals surface area contributed by atoms with E-state index in [-0.39, 0.29) is 5.54 Å². The van der Waals surface area contributed by atoms with Gasteiger partial charge in [-0.25, -0.2) is 0 Å². The summed E-state index contributed by atoms with van der Waals surface area (Å²) in [5, 5.41) is 12.2. The van der Waals surface area contributed by atoms with Crippen LogP contribution in [0.4, 0.5) is 0 Å². The van der Waals surface area contributed by atoms with Gasteiger partial charge in [0.05, 0.1) is 5.69 Å². The largest absolute Gasteiger partial charge is 0.438 e. The smallest absolute Gasteiger partial charge is 0.238 e. The number of nitrogens with zero attached hydrogens (tertiary/aromatic N) is 2. The summed E-state index contributed by atoms with van der Waals surface area (Å²) >= 11 is 5.82. The third kappa shape index (κ3) is 4.79. The van der Waals surface area contributed by atoms with Crippen molar-refractivity contribution >= 4 is 11.6 Å². The molecule has 0 amide bonds. The average Bonchev–Trinajstić information content (AvgIpc) is 2.40. The molecule has 0 saturated heterocycles. The SMILES string of the molecule is CC(C)(C)NCc1ccc(Oc2ccc(Cl)cc2)nn1. The first kappa shape index (κ1) is 14.8. The fourth-order valence-electron chi connectivity index (χ4n) is 1.48. The van der Waals surface area contributed by atoms with Crippen LogP contribution < -0.4 is 10.1 Å². The van der Waals surface area contributed by atoms with Crippen LogP contribution in [0, 0.1) is 0 Å². The Balaban J connectivity index is 1.96. The molecule has 1 aromatic carbocycles. The van der Waals surface area contributed by atoms with E-state index < -0.39 is 0 Å². The second-order valence-corrected chi connectivity index (χ2v) is 5.96. The lowest BCUT2D eigenvalue weighted by Crippen LogP contribution is -2.35. The molecule has 1 aromatic heterocycles. The predicted octanol–water partition coefficient (Wildman–Crippen LogP) is 3.81. The lowest BCUT2D eigenvalue weighted by molar-refractivity contribution is 0.416. The molecule has 0 aliphatic rings. The summed E-state index contributed by atoms with van der Waals surface area (Å²) in [6, 6.07) is 10.8. The molecule has 0 radical (unpaired) electrons. The molecule has 0 aliphatic carbocycles. The summed E-state index contributed by atoms with van der Waals surface area (Å²) in [6.45, 7) is 7.01. The van der Waals surface area contributed by atoms with E-state index in [1.165, 1.54) is 0 Å². The Kier molecular flexibility index (Phi) is 4.57. The average molecular weight is 292 g/mol. The van der Waals surface area contributed by atoms with Crippen LogP contribution in [0.3, 0.4) is 0 Å². The van der Waals surface area contributed by atoms with Crippen LogP contribution >= 0.6 is 11.6 Å². The van der Waals surface area contributed by atoms with Gasteiger partial charge in [0.2, 0.25) is 5.88 Å². The highest BCUT2D eigenvalue weighted by Gasteiger charge is 2.09. The van der Waals surface area contributed by atoms with Crippen LogP contribution in [0.1, 0.15) is 26.5 Å². The fraction of sp³-hybridized carbons (Fsp3) is 0.333. The second-order valence-electron chi connectivity index (χ2n) is 5.52. The summed E-state index contributed by atoms with van der Waals surface area (Å²) in [4.78, 5) is 0. The number of hydrogen-bond donors (Lipinski definition) is 1. The minimum Gasteiger partial charge on any atom is -0.438 e. The van der Waals surface area contributed by atoms with Crippen molar-refractivity contribution in [1.82, 2.24) is 15.5 Å². The lowest BCUT2D eigenvalue weighted by Gasteiger charge is -2.19. The molecule has 4 nitrogen and oxygen atoms in total. The number of nitrogens with one attached hydrogen (secondary N) is 1. The van der Waals surface area contributed by atoms with Crippen molar-refractivity contribution in [1.29, 1.82) is 0 Å². The molecular weight excluding hydrogens is 274 g/mol. The second kappa shape index (κ2) is 6.20. The molecule has 2 aromatic rings. The molecule has 0 aliphatic heterocycles. The number of benzene rings is 1. The molecule has 0 spiro atoms. The van der Waals surface area contributed by atoms with Gasteiger partial charge in [0.25, 0.3) is 0 Å². The van der Waals surface area contributed by atoms with Gasteiger partial charge in [-0.1, -0.05) is 11.6 Å². The molecule has 0 saturated carbocycles. The van der Waals surface area contributed by atoms with Crippen molar-refractivity contribution < 1.29 is 4.74 Å². The zero-order valence-corrected chi connectivity index (χ0v) is 12.6. The molecule has 20 heavy (non-hydrogen) atoms. The maximum absolute atomic E-state index is 5.82. The Morgan fingerprint density at radius 2 is 1.75 bits per heavy atom. The summed E-state index contributed by atoms with van der Waals surface area (Å²) in [7, 11) is 0. The van der Waals surface area contributed by atoms with Gasteiger partial charge in [-0.05, 0) is 51.1 Å².